The van der Waals surface area contributed by atoms with Crippen molar-refractivity contribution in [2.75, 3.05) is 6.54 Å². The van der Waals surface area contributed by atoms with E-state index in [9.17, 15) is 4.79 Å². The molecule has 0 bridgehead atoms. The zero-order valence-corrected chi connectivity index (χ0v) is 10.4. The Morgan fingerprint density at radius 3 is 2.94 bits per heavy atom. The number of carbonyl (C=O) groups is 1. The number of hydrogen-bond donors (Lipinski definition) is 1. The number of rotatable bonds is 2. The lowest BCUT2D eigenvalue weighted by atomic mass is 9.98. The largest absolute Gasteiger partial charge is 0.338 e. The number of piperidine rings is 1. The van der Waals surface area contributed by atoms with Crippen LogP contribution in [0.4, 0.5) is 0 Å². The monoisotopic (exact) mass is 236 g/mol. The maximum atomic E-state index is 12.3. The van der Waals surface area contributed by atoms with E-state index in [2.05, 4.69) is 12.0 Å². The molecule has 0 spiro atoms. The Bertz CT molecular complexity index is 376. The first kappa shape index (κ1) is 12.1. The Balaban J connectivity index is 2.05. The van der Waals surface area contributed by atoms with E-state index in [1.165, 1.54) is 0 Å². The second-order valence-corrected chi connectivity index (χ2v) is 4.83. The molecule has 0 radical (unpaired) electrons. The number of hydrogen-bond acceptors (Lipinski definition) is 3. The van der Waals surface area contributed by atoms with Gasteiger partial charge in [-0.05, 0) is 32.8 Å². The van der Waals surface area contributed by atoms with Gasteiger partial charge in [-0.15, -0.1) is 0 Å². The highest BCUT2D eigenvalue weighted by Crippen LogP contribution is 2.19. The van der Waals surface area contributed by atoms with Crippen molar-refractivity contribution in [3.63, 3.8) is 0 Å². The first-order chi connectivity index (χ1) is 8.09. The summed E-state index contributed by atoms with van der Waals surface area (Å²) in [4.78, 5) is 14.3. The maximum absolute atomic E-state index is 12.3. The molecule has 0 saturated carbocycles. The standard InChI is InChI=1S/C12H20N4O/c1-9-8-11(13)4-7-15(9)12(17)10(2)16-6-3-5-14-16/h3,5-6,9-11H,4,7-8,13H2,1-2H3. The summed E-state index contributed by atoms with van der Waals surface area (Å²) in [7, 11) is 0. The summed E-state index contributed by atoms with van der Waals surface area (Å²) in [5, 5.41) is 4.12. The van der Waals surface area contributed by atoms with E-state index in [4.69, 9.17) is 5.73 Å². The van der Waals surface area contributed by atoms with Gasteiger partial charge in [-0.25, -0.2) is 0 Å². The van der Waals surface area contributed by atoms with E-state index in [0.29, 0.717) is 0 Å². The molecule has 3 atom stereocenters. The van der Waals surface area contributed by atoms with Gasteiger partial charge in [0.25, 0.3) is 0 Å². The lowest BCUT2D eigenvalue weighted by molar-refractivity contribution is -0.138. The molecule has 94 valence electrons. The highest BCUT2D eigenvalue weighted by Gasteiger charge is 2.30. The van der Waals surface area contributed by atoms with E-state index in [0.717, 1.165) is 19.4 Å². The van der Waals surface area contributed by atoms with Crippen LogP contribution in [0.25, 0.3) is 0 Å². The fourth-order valence-corrected chi connectivity index (χ4v) is 2.40. The normalized spacial score (nSPS) is 26.9. The molecule has 2 rings (SSSR count). The van der Waals surface area contributed by atoms with Gasteiger partial charge in [0.1, 0.15) is 6.04 Å². The Morgan fingerprint density at radius 2 is 2.35 bits per heavy atom. The Morgan fingerprint density at radius 1 is 1.59 bits per heavy atom. The molecule has 2 heterocycles. The van der Waals surface area contributed by atoms with Crippen molar-refractivity contribution >= 4 is 5.91 Å². The average molecular weight is 236 g/mol. The predicted molar refractivity (Wildman–Crippen MR) is 65.3 cm³/mol. The minimum absolute atomic E-state index is 0.133. The number of likely N-dealkylation sites (tertiary alicyclic amines) is 1. The molecule has 2 N–H and O–H groups in total. The van der Waals surface area contributed by atoms with E-state index >= 15 is 0 Å². The quantitative estimate of drug-likeness (QED) is 0.825. The summed E-state index contributed by atoms with van der Waals surface area (Å²) in [5.74, 6) is 0.133. The molecule has 5 heteroatoms. The average Bonchev–Trinajstić information content (AvgIpc) is 2.80. The molecule has 1 saturated heterocycles. The molecule has 0 aromatic carbocycles. The fourth-order valence-electron chi connectivity index (χ4n) is 2.40. The molecular formula is C12H20N4O. The predicted octanol–water partition coefficient (Wildman–Crippen LogP) is 0.782. The van der Waals surface area contributed by atoms with Crippen molar-refractivity contribution < 1.29 is 4.79 Å². The van der Waals surface area contributed by atoms with Crippen LogP contribution in [-0.4, -0.2) is 39.2 Å². The highest BCUT2D eigenvalue weighted by atomic mass is 16.2. The van der Waals surface area contributed by atoms with Crippen molar-refractivity contribution in [2.24, 2.45) is 5.73 Å². The number of aromatic nitrogens is 2. The summed E-state index contributed by atoms with van der Waals surface area (Å²) in [6.07, 6.45) is 5.29. The van der Waals surface area contributed by atoms with Gasteiger partial charge < -0.3 is 10.6 Å². The molecule has 1 fully saturated rings. The van der Waals surface area contributed by atoms with E-state index in [-0.39, 0.29) is 24.0 Å². The minimum Gasteiger partial charge on any atom is -0.338 e. The van der Waals surface area contributed by atoms with Crippen LogP contribution in [0.3, 0.4) is 0 Å². The molecule has 1 amide bonds. The summed E-state index contributed by atoms with van der Waals surface area (Å²) >= 11 is 0. The summed E-state index contributed by atoms with van der Waals surface area (Å²) in [5.41, 5.74) is 5.90. The molecule has 17 heavy (non-hydrogen) atoms. The van der Waals surface area contributed by atoms with E-state index < -0.39 is 0 Å². The van der Waals surface area contributed by atoms with Gasteiger partial charge in [-0.1, -0.05) is 0 Å². The van der Waals surface area contributed by atoms with Crippen molar-refractivity contribution in [2.45, 2.75) is 44.8 Å². The Hall–Kier alpha value is -1.36. The highest BCUT2D eigenvalue weighted by molar-refractivity contribution is 5.80. The first-order valence-electron chi connectivity index (χ1n) is 6.14. The molecule has 1 aliphatic heterocycles. The number of nitrogens with zero attached hydrogens (tertiary/aromatic N) is 3. The van der Waals surface area contributed by atoms with Gasteiger partial charge in [-0.3, -0.25) is 9.48 Å². The van der Waals surface area contributed by atoms with Gasteiger partial charge in [0.2, 0.25) is 5.91 Å². The van der Waals surface area contributed by atoms with Crippen LogP contribution in [0.1, 0.15) is 32.7 Å². The third-order valence-electron chi connectivity index (χ3n) is 3.48. The van der Waals surface area contributed by atoms with Crippen LogP contribution in [0.15, 0.2) is 18.5 Å². The maximum Gasteiger partial charge on any atom is 0.247 e. The van der Waals surface area contributed by atoms with Crippen molar-refractivity contribution in [1.82, 2.24) is 14.7 Å². The Kier molecular flexibility index (Phi) is 3.47. The third kappa shape index (κ3) is 2.49. The first-order valence-corrected chi connectivity index (χ1v) is 6.14. The van der Waals surface area contributed by atoms with Crippen LogP contribution in [0, 0.1) is 0 Å². The molecule has 0 aliphatic carbocycles. The van der Waals surface area contributed by atoms with Crippen LogP contribution >= 0.6 is 0 Å². The molecule has 1 aliphatic rings. The second-order valence-electron chi connectivity index (χ2n) is 4.83. The molecule has 1 aromatic heterocycles. The zero-order chi connectivity index (χ0) is 12.4. The number of carbonyl (C=O) groups excluding carboxylic acids is 1. The Labute approximate surface area is 102 Å². The minimum atomic E-state index is -0.234. The fraction of sp³-hybridized carbons (Fsp3) is 0.667. The van der Waals surface area contributed by atoms with Crippen LogP contribution in [0.2, 0.25) is 0 Å². The van der Waals surface area contributed by atoms with Crippen molar-refractivity contribution in [3.8, 4) is 0 Å². The van der Waals surface area contributed by atoms with Crippen LogP contribution in [-0.2, 0) is 4.79 Å². The smallest absolute Gasteiger partial charge is 0.247 e. The summed E-state index contributed by atoms with van der Waals surface area (Å²) in [6, 6.07) is 2.05. The second kappa shape index (κ2) is 4.87. The van der Waals surface area contributed by atoms with Crippen molar-refractivity contribution in [1.29, 1.82) is 0 Å². The molecule has 5 nitrogen and oxygen atoms in total. The zero-order valence-electron chi connectivity index (χ0n) is 10.4. The lowest BCUT2D eigenvalue weighted by Crippen LogP contribution is -2.50. The van der Waals surface area contributed by atoms with Gasteiger partial charge >= 0.3 is 0 Å². The molecular weight excluding hydrogens is 216 g/mol. The van der Waals surface area contributed by atoms with Crippen LogP contribution in [0.5, 0.6) is 0 Å². The van der Waals surface area contributed by atoms with Crippen LogP contribution < -0.4 is 5.73 Å². The number of nitrogens with two attached hydrogens (primary N) is 1. The summed E-state index contributed by atoms with van der Waals surface area (Å²) < 4.78 is 1.70. The van der Waals surface area contributed by atoms with Crippen molar-refractivity contribution in [3.05, 3.63) is 18.5 Å². The topological polar surface area (TPSA) is 64.2 Å². The van der Waals surface area contributed by atoms with E-state index in [1.807, 2.05) is 24.1 Å². The third-order valence-corrected chi connectivity index (χ3v) is 3.48. The van der Waals surface area contributed by atoms with Gasteiger partial charge in [-0.2, -0.15) is 5.10 Å². The number of amides is 1. The van der Waals surface area contributed by atoms with E-state index in [1.54, 1.807) is 10.9 Å². The molecule has 3 unspecified atom stereocenters. The summed E-state index contributed by atoms with van der Waals surface area (Å²) in [6.45, 7) is 4.70. The van der Waals surface area contributed by atoms with Gasteiger partial charge in [0.15, 0.2) is 0 Å². The van der Waals surface area contributed by atoms with Gasteiger partial charge in [0.05, 0.1) is 0 Å². The SMILES string of the molecule is CC1CC(N)CCN1C(=O)C(C)n1cccn1. The molecule has 1 aromatic rings. The lowest BCUT2D eigenvalue weighted by Gasteiger charge is -2.37. The van der Waals surface area contributed by atoms with Gasteiger partial charge in [0, 0.05) is 31.0 Å².